The van der Waals surface area contributed by atoms with Gasteiger partial charge in [0.1, 0.15) is 24.1 Å². The third-order valence-corrected chi connectivity index (χ3v) is 4.95. The first-order valence-corrected chi connectivity index (χ1v) is 8.79. The molecule has 1 saturated heterocycles. The Balaban J connectivity index is 1.59. The SMILES string of the molecule is N#CCC1(n2cc(-c3ncnc4[nH]ccc34)c(=O)[nH]2)CN(C(=O)NCC(F)(F)F)C1. The Bertz CT molecular complexity index is 1200. The van der Waals surface area contributed by atoms with Crippen molar-refractivity contribution in [1.82, 2.24) is 34.9 Å². The van der Waals surface area contributed by atoms with Gasteiger partial charge in [0.05, 0.1) is 36.8 Å². The predicted octanol–water partition coefficient (Wildman–Crippen LogP) is 1.31. The molecular weight excluding hydrogens is 405 g/mol. The zero-order valence-corrected chi connectivity index (χ0v) is 15.3. The highest BCUT2D eigenvalue weighted by molar-refractivity contribution is 5.90. The molecule has 3 aromatic rings. The average Bonchev–Trinajstić information content (AvgIpc) is 3.28. The summed E-state index contributed by atoms with van der Waals surface area (Å²) in [7, 11) is 0. The van der Waals surface area contributed by atoms with Crippen molar-refractivity contribution in [2.45, 2.75) is 18.1 Å². The summed E-state index contributed by atoms with van der Waals surface area (Å²) in [5.74, 6) is 0. The van der Waals surface area contributed by atoms with Gasteiger partial charge in [-0.15, -0.1) is 0 Å². The monoisotopic (exact) mass is 420 g/mol. The van der Waals surface area contributed by atoms with Gasteiger partial charge in [0.25, 0.3) is 5.56 Å². The number of rotatable bonds is 4. The number of nitriles is 1. The van der Waals surface area contributed by atoms with Crippen molar-refractivity contribution < 1.29 is 18.0 Å². The zero-order valence-electron chi connectivity index (χ0n) is 15.3. The highest BCUT2D eigenvalue weighted by atomic mass is 19.4. The molecule has 0 saturated carbocycles. The highest BCUT2D eigenvalue weighted by Gasteiger charge is 2.48. The number of carbonyl (C=O) groups excluding carboxylic acids is 1. The van der Waals surface area contributed by atoms with Crippen LogP contribution in [-0.2, 0) is 5.54 Å². The van der Waals surface area contributed by atoms with E-state index in [0.717, 1.165) is 4.90 Å². The van der Waals surface area contributed by atoms with E-state index in [9.17, 15) is 28.0 Å². The van der Waals surface area contributed by atoms with E-state index >= 15 is 0 Å². The van der Waals surface area contributed by atoms with E-state index in [4.69, 9.17) is 0 Å². The van der Waals surface area contributed by atoms with Gasteiger partial charge in [0.2, 0.25) is 0 Å². The van der Waals surface area contributed by atoms with Gasteiger partial charge in [-0.1, -0.05) is 0 Å². The van der Waals surface area contributed by atoms with Crippen LogP contribution in [0.3, 0.4) is 0 Å². The van der Waals surface area contributed by atoms with Crippen molar-refractivity contribution in [3.05, 3.63) is 35.1 Å². The van der Waals surface area contributed by atoms with E-state index in [1.807, 2.05) is 6.07 Å². The van der Waals surface area contributed by atoms with E-state index in [1.54, 1.807) is 17.6 Å². The molecule has 1 fully saturated rings. The van der Waals surface area contributed by atoms with Crippen LogP contribution in [-0.4, -0.2) is 61.5 Å². The van der Waals surface area contributed by atoms with Crippen LogP contribution in [0.25, 0.3) is 22.3 Å². The van der Waals surface area contributed by atoms with Crippen LogP contribution in [0.15, 0.2) is 29.6 Å². The molecule has 0 aliphatic carbocycles. The molecule has 0 bridgehead atoms. The number of H-pyrrole nitrogens is 2. The molecular formula is C17H15F3N8O2. The number of hydrogen-bond donors (Lipinski definition) is 3. The lowest BCUT2D eigenvalue weighted by Crippen LogP contribution is -2.66. The lowest BCUT2D eigenvalue weighted by atomic mass is 9.87. The normalized spacial score (nSPS) is 15.6. The predicted molar refractivity (Wildman–Crippen MR) is 97.2 cm³/mol. The molecule has 3 N–H and O–H groups in total. The van der Waals surface area contributed by atoms with Crippen LogP contribution in [0, 0.1) is 11.3 Å². The molecule has 0 atom stereocenters. The van der Waals surface area contributed by atoms with Gasteiger partial charge in [0, 0.05) is 17.8 Å². The summed E-state index contributed by atoms with van der Waals surface area (Å²) in [5.41, 5.74) is -0.207. The Morgan fingerprint density at radius 1 is 1.37 bits per heavy atom. The largest absolute Gasteiger partial charge is 0.405 e. The number of likely N-dealkylation sites (tertiary alicyclic amines) is 1. The maximum atomic E-state index is 12.6. The summed E-state index contributed by atoms with van der Waals surface area (Å²) in [6.45, 7) is -1.51. The number of amides is 2. The van der Waals surface area contributed by atoms with Crippen LogP contribution in [0.5, 0.6) is 0 Å². The molecule has 13 heteroatoms. The molecule has 156 valence electrons. The minimum atomic E-state index is -4.52. The van der Waals surface area contributed by atoms with E-state index in [2.05, 4.69) is 20.1 Å². The Hall–Kier alpha value is -3.82. The molecule has 4 heterocycles. The van der Waals surface area contributed by atoms with Gasteiger partial charge in [-0.3, -0.25) is 14.6 Å². The number of urea groups is 1. The molecule has 1 aliphatic rings. The topological polar surface area (TPSA) is 135 Å². The van der Waals surface area contributed by atoms with Gasteiger partial charge in [-0.05, 0) is 6.07 Å². The summed E-state index contributed by atoms with van der Waals surface area (Å²) in [6.07, 6.45) is -0.102. The van der Waals surface area contributed by atoms with Gasteiger partial charge < -0.3 is 15.2 Å². The van der Waals surface area contributed by atoms with Crippen LogP contribution in [0.2, 0.25) is 0 Å². The Labute approximate surface area is 166 Å². The summed E-state index contributed by atoms with van der Waals surface area (Å²) >= 11 is 0. The number of aromatic amines is 2. The molecule has 3 aromatic heterocycles. The Morgan fingerprint density at radius 3 is 2.83 bits per heavy atom. The molecule has 10 nitrogen and oxygen atoms in total. The first kappa shape index (κ1) is 19.5. The third kappa shape index (κ3) is 3.36. The number of nitrogens with one attached hydrogen (secondary N) is 3. The van der Waals surface area contributed by atoms with E-state index in [-0.39, 0.29) is 25.1 Å². The molecule has 0 aromatic carbocycles. The number of carbonyl (C=O) groups is 1. The highest BCUT2D eigenvalue weighted by Crippen LogP contribution is 2.33. The summed E-state index contributed by atoms with van der Waals surface area (Å²) < 4.78 is 38.3. The van der Waals surface area contributed by atoms with Gasteiger partial charge in [0.15, 0.2) is 0 Å². The van der Waals surface area contributed by atoms with E-state index < -0.39 is 29.9 Å². The van der Waals surface area contributed by atoms with Gasteiger partial charge in [-0.25, -0.2) is 14.8 Å². The standard InChI is InChI=1S/C17H15F3N8O2/c18-17(19,20)6-23-15(30)27-7-16(8-27,2-3-21)28-5-11(14(29)26-28)12-10-1-4-22-13(10)25-9-24-12/h1,4-5,9H,2,6-8H2,(H,23,30)(H,26,29)(H,22,24,25). The number of hydrogen-bond acceptors (Lipinski definition) is 5. The maximum Gasteiger partial charge on any atom is 0.405 e. The minimum Gasteiger partial charge on any atom is -0.346 e. The van der Waals surface area contributed by atoms with Crippen molar-refractivity contribution >= 4 is 17.1 Å². The van der Waals surface area contributed by atoms with E-state index in [0.29, 0.717) is 16.7 Å². The number of alkyl halides is 3. The number of nitrogens with zero attached hydrogens (tertiary/aromatic N) is 5. The molecule has 1 aliphatic heterocycles. The molecule has 2 amide bonds. The molecule has 30 heavy (non-hydrogen) atoms. The summed E-state index contributed by atoms with van der Waals surface area (Å²) in [4.78, 5) is 36.8. The second kappa shape index (κ2) is 6.90. The smallest absolute Gasteiger partial charge is 0.346 e. The van der Waals surface area contributed by atoms with Crippen molar-refractivity contribution in [2.24, 2.45) is 0 Å². The molecule has 4 rings (SSSR count). The number of fused-ring (bicyclic) bond motifs is 1. The first-order valence-electron chi connectivity index (χ1n) is 8.79. The van der Waals surface area contributed by atoms with Crippen LogP contribution >= 0.6 is 0 Å². The van der Waals surface area contributed by atoms with Crippen LogP contribution < -0.4 is 10.9 Å². The fraction of sp³-hybridized carbons (Fsp3) is 0.353. The Kier molecular flexibility index (Phi) is 4.49. The maximum absolute atomic E-state index is 12.6. The second-order valence-electron chi connectivity index (χ2n) is 7.01. The van der Waals surface area contributed by atoms with Crippen molar-refractivity contribution in [1.29, 1.82) is 5.26 Å². The first-order chi connectivity index (χ1) is 14.2. The lowest BCUT2D eigenvalue weighted by molar-refractivity contribution is -0.123. The van der Waals surface area contributed by atoms with Gasteiger partial charge in [-0.2, -0.15) is 18.4 Å². The van der Waals surface area contributed by atoms with Crippen LogP contribution in [0.4, 0.5) is 18.0 Å². The fourth-order valence-electron chi connectivity index (χ4n) is 3.49. The average molecular weight is 420 g/mol. The second-order valence-corrected chi connectivity index (χ2v) is 7.01. The lowest BCUT2D eigenvalue weighted by Gasteiger charge is -2.49. The molecule has 0 radical (unpaired) electrons. The zero-order chi connectivity index (χ0) is 21.5. The van der Waals surface area contributed by atoms with Gasteiger partial charge >= 0.3 is 12.2 Å². The fourth-order valence-corrected chi connectivity index (χ4v) is 3.49. The van der Waals surface area contributed by atoms with E-state index in [1.165, 1.54) is 17.2 Å². The summed E-state index contributed by atoms with van der Waals surface area (Å²) in [6, 6.07) is 2.84. The molecule has 0 unspecified atom stereocenters. The van der Waals surface area contributed by atoms with Crippen molar-refractivity contribution in [2.75, 3.05) is 19.6 Å². The quantitative estimate of drug-likeness (QED) is 0.585. The molecule has 0 spiro atoms. The van der Waals surface area contributed by atoms with Crippen molar-refractivity contribution in [3.63, 3.8) is 0 Å². The number of halogens is 3. The minimum absolute atomic E-state index is 0.0301. The Morgan fingerprint density at radius 2 is 2.13 bits per heavy atom. The third-order valence-electron chi connectivity index (χ3n) is 4.95. The number of aromatic nitrogens is 5. The van der Waals surface area contributed by atoms with Crippen LogP contribution in [0.1, 0.15) is 6.42 Å². The van der Waals surface area contributed by atoms with Crippen molar-refractivity contribution in [3.8, 4) is 17.3 Å². The summed E-state index contributed by atoms with van der Waals surface area (Å²) in [5, 5.41) is 14.3.